The van der Waals surface area contributed by atoms with E-state index in [-0.39, 0.29) is 0 Å². The topological polar surface area (TPSA) is 3.24 Å². The first-order chi connectivity index (χ1) is 8.66. The lowest BCUT2D eigenvalue weighted by Gasteiger charge is -2.27. The van der Waals surface area contributed by atoms with Crippen LogP contribution in [0.25, 0.3) is 0 Å². The van der Waals surface area contributed by atoms with Gasteiger partial charge < -0.3 is 0 Å². The second-order valence-electron chi connectivity index (χ2n) is 5.30. The van der Waals surface area contributed by atoms with E-state index in [1.54, 1.807) is 0 Å². The van der Waals surface area contributed by atoms with Gasteiger partial charge in [-0.3, -0.25) is 4.90 Å². The third-order valence-corrected chi connectivity index (χ3v) is 4.73. The van der Waals surface area contributed by atoms with E-state index in [0.717, 1.165) is 22.1 Å². The van der Waals surface area contributed by atoms with Crippen molar-refractivity contribution in [2.75, 3.05) is 7.05 Å². The number of hydrogen-bond acceptors (Lipinski definition) is 1. The Kier molecular flexibility index (Phi) is 5.53. The number of rotatable bonds is 3. The van der Waals surface area contributed by atoms with Crippen LogP contribution in [0.1, 0.15) is 44.1 Å². The molecule has 0 heterocycles. The van der Waals surface area contributed by atoms with E-state index in [1.165, 1.54) is 44.1 Å². The molecule has 0 aliphatic heterocycles. The summed E-state index contributed by atoms with van der Waals surface area (Å²) in [4.78, 5) is 2.47. The molecule has 1 fully saturated rings. The van der Waals surface area contributed by atoms with Gasteiger partial charge in [0.15, 0.2) is 0 Å². The molecule has 0 atom stereocenters. The maximum atomic E-state index is 6.29. The second-order valence-corrected chi connectivity index (χ2v) is 6.62. The molecule has 1 nitrogen and oxygen atoms in total. The fourth-order valence-corrected chi connectivity index (χ4v) is 3.48. The van der Waals surface area contributed by atoms with Crippen LogP contribution in [0.15, 0.2) is 22.7 Å². The van der Waals surface area contributed by atoms with Crippen molar-refractivity contribution < 1.29 is 0 Å². The lowest BCUT2D eigenvalue weighted by molar-refractivity contribution is 0.213. The molecular weight excluding hydrogens is 310 g/mol. The maximum Gasteiger partial charge on any atom is 0.0462 e. The van der Waals surface area contributed by atoms with Gasteiger partial charge >= 0.3 is 0 Å². The molecule has 1 aliphatic rings. The van der Waals surface area contributed by atoms with Gasteiger partial charge in [-0.05, 0) is 37.6 Å². The summed E-state index contributed by atoms with van der Waals surface area (Å²) < 4.78 is 1.05. The minimum atomic E-state index is 0.729. The Labute approximate surface area is 124 Å². The van der Waals surface area contributed by atoms with Crippen molar-refractivity contribution in [3.63, 3.8) is 0 Å². The molecule has 1 aromatic carbocycles. The van der Waals surface area contributed by atoms with Crippen LogP contribution in [-0.2, 0) is 6.54 Å². The molecule has 1 saturated carbocycles. The fraction of sp³-hybridized carbons (Fsp3) is 0.600. The Balaban J connectivity index is 1.98. The minimum absolute atomic E-state index is 0.729. The molecule has 0 radical (unpaired) electrons. The van der Waals surface area contributed by atoms with E-state index in [1.807, 2.05) is 6.07 Å². The predicted molar refractivity (Wildman–Crippen MR) is 82.1 cm³/mol. The first kappa shape index (κ1) is 14.4. The average Bonchev–Trinajstić information content (AvgIpc) is 2.61. The molecule has 100 valence electrons. The molecule has 2 rings (SSSR count). The van der Waals surface area contributed by atoms with E-state index in [2.05, 4.69) is 40.0 Å². The van der Waals surface area contributed by atoms with Gasteiger partial charge in [-0.1, -0.05) is 59.3 Å². The van der Waals surface area contributed by atoms with Gasteiger partial charge in [0, 0.05) is 22.1 Å². The average molecular weight is 331 g/mol. The van der Waals surface area contributed by atoms with E-state index in [9.17, 15) is 0 Å². The molecule has 0 N–H and O–H groups in total. The maximum absolute atomic E-state index is 6.29. The molecule has 1 aromatic rings. The summed E-state index contributed by atoms with van der Waals surface area (Å²) in [6.45, 7) is 0.955. The smallest absolute Gasteiger partial charge is 0.0462 e. The van der Waals surface area contributed by atoms with Crippen molar-refractivity contribution in [2.24, 2.45) is 0 Å². The Hall–Kier alpha value is -0.0500. The molecule has 3 heteroatoms. The van der Waals surface area contributed by atoms with Crippen molar-refractivity contribution in [3.05, 3.63) is 33.3 Å². The molecule has 0 saturated heterocycles. The van der Waals surface area contributed by atoms with Gasteiger partial charge in [-0.25, -0.2) is 0 Å². The highest BCUT2D eigenvalue weighted by molar-refractivity contribution is 9.10. The Morgan fingerprint density at radius 1 is 1.22 bits per heavy atom. The summed E-state index contributed by atoms with van der Waals surface area (Å²) in [5.74, 6) is 0. The van der Waals surface area contributed by atoms with Crippen LogP contribution in [0.4, 0.5) is 0 Å². The molecule has 1 aliphatic carbocycles. The normalized spacial score (nSPS) is 18.0. The van der Waals surface area contributed by atoms with Crippen molar-refractivity contribution in [3.8, 4) is 0 Å². The summed E-state index contributed by atoms with van der Waals surface area (Å²) in [6, 6.07) is 6.91. The summed E-state index contributed by atoms with van der Waals surface area (Å²) in [6.07, 6.45) is 8.24. The lowest BCUT2D eigenvalue weighted by atomic mass is 10.1. The van der Waals surface area contributed by atoms with Gasteiger partial charge in [-0.2, -0.15) is 0 Å². The van der Waals surface area contributed by atoms with Crippen LogP contribution in [0, 0.1) is 0 Å². The molecule has 0 amide bonds. The number of halogens is 2. The summed E-state index contributed by atoms with van der Waals surface area (Å²) in [7, 11) is 2.23. The quantitative estimate of drug-likeness (QED) is 0.684. The highest BCUT2D eigenvalue weighted by atomic mass is 79.9. The van der Waals surface area contributed by atoms with Gasteiger partial charge in [0.1, 0.15) is 0 Å². The number of hydrogen-bond donors (Lipinski definition) is 0. The number of benzene rings is 1. The predicted octanol–water partition coefficient (Wildman–Crippen LogP) is 5.26. The molecule has 0 bridgehead atoms. The van der Waals surface area contributed by atoms with Crippen LogP contribution in [0.5, 0.6) is 0 Å². The van der Waals surface area contributed by atoms with Gasteiger partial charge in [0.05, 0.1) is 0 Å². The van der Waals surface area contributed by atoms with E-state index >= 15 is 0 Å². The van der Waals surface area contributed by atoms with Gasteiger partial charge in [0.25, 0.3) is 0 Å². The van der Waals surface area contributed by atoms with Crippen LogP contribution < -0.4 is 0 Å². The standard InChI is InChI=1S/C15H21BrClN/c1-18(14-6-4-2-3-5-7-14)11-12-8-9-13(16)10-15(12)17/h8-10,14H,2-7,11H2,1H3. The monoisotopic (exact) mass is 329 g/mol. The highest BCUT2D eigenvalue weighted by Gasteiger charge is 2.17. The number of nitrogens with zero attached hydrogens (tertiary/aromatic N) is 1. The zero-order chi connectivity index (χ0) is 13.0. The molecule has 0 aromatic heterocycles. The van der Waals surface area contributed by atoms with Crippen molar-refractivity contribution in [1.82, 2.24) is 4.90 Å². The van der Waals surface area contributed by atoms with Crippen LogP contribution >= 0.6 is 27.5 Å². The van der Waals surface area contributed by atoms with Gasteiger partial charge in [-0.15, -0.1) is 0 Å². The third kappa shape index (κ3) is 3.97. The van der Waals surface area contributed by atoms with Crippen molar-refractivity contribution in [1.29, 1.82) is 0 Å². The Morgan fingerprint density at radius 2 is 1.89 bits per heavy atom. The first-order valence-corrected chi connectivity index (χ1v) is 7.98. The Bertz CT molecular complexity index is 386. The van der Waals surface area contributed by atoms with Gasteiger partial charge in [0.2, 0.25) is 0 Å². The second kappa shape index (κ2) is 6.93. The molecular formula is C15H21BrClN. The summed E-state index contributed by atoms with van der Waals surface area (Å²) >= 11 is 9.74. The third-order valence-electron chi connectivity index (χ3n) is 3.88. The molecule has 0 spiro atoms. The molecule has 0 unspecified atom stereocenters. The lowest BCUT2D eigenvalue weighted by Crippen LogP contribution is -2.30. The van der Waals surface area contributed by atoms with E-state index < -0.39 is 0 Å². The van der Waals surface area contributed by atoms with E-state index in [4.69, 9.17) is 11.6 Å². The molecule has 18 heavy (non-hydrogen) atoms. The van der Waals surface area contributed by atoms with Crippen molar-refractivity contribution >= 4 is 27.5 Å². The minimum Gasteiger partial charge on any atom is -0.299 e. The fourth-order valence-electron chi connectivity index (χ4n) is 2.75. The van der Waals surface area contributed by atoms with Crippen LogP contribution in [0.2, 0.25) is 5.02 Å². The SMILES string of the molecule is CN(Cc1ccc(Br)cc1Cl)C1CCCCCC1. The Morgan fingerprint density at radius 3 is 2.50 bits per heavy atom. The van der Waals surface area contributed by atoms with E-state index in [0.29, 0.717) is 0 Å². The van der Waals surface area contributed by atoms with Crippen molar-refractivity contribution in [2.45, 2.75) is 51.1 Å². The largest absolute Gasteiger partial charge is 0.299 e. The summed E-state index contributed by atoms with van der Waals surface area (Å²) in [5.41, 5.74) is 1.23. The first-order valence-electron chi connectivity index (χ1n) is 6.81. The van der Waals surface area contributed by atoms with Crippen LogP contribution in [-0.4, -0.2) is 18.0 Å². The van der Waals surface area contributed by atoms with Crippen LogP contribution in [0.3, 0.4) is 0 Å². The zero-order valence-corrected chi connectivity index (χ0v) is 13.3. The highest BCUT2D eigenvalue weighted by Crippen LogP contribution is 2.26. The zero-order valence-electron chi connectivity index (χ0n) is 11.0. The summed E-state index contributed by atoms with van der Waals surface area (Å²) in [5, 5.41) is 0.866.